The number of ether oxygens (including phenoxy) is 1. The van der Waals surface area contributed by atoms with E-state index in [1.54, 1.807) is 0 Å². The van der Waals surface area contributed by atoms with Crippen molar-refractivity contribution in [3.05, 3.63) is 82.3 Å². The van der Waals surface area contributed by atoms with E-state index in [2.05, 4.69) is 58.9 Å². The molecule has 3 aromatic carbocycles. The van der Waals surface area contributed by atoms with Gasteiger partial charge in [-0.25, -0.2) is 0 Å². The van der Waals surface area contributed by atoms with E-state index >= 15 is 0 Å². The Bertz CT molecular complexity index is 969. The summed E-state index contributed by atoms with van der Waals surface area (Å²) in [6.07, 6.45) is 0. The van der Waals surface area contributed by atoms with Gasteiger partial charge in [-0.1, -0.05) is 72.2 Å². The summed E-state index contributed by atoms with van der Waals surface area (Å²) in [6.45, 7) is 5.90. The molecule has 0 saturated heterocycles. The van der Waals surface area contributed by atoms with Crippen LogP contribution in [0.4, 0.5) is 17.1 Å². The maximum absolute atomic E-state index is 6.31. The molecule has 0 fully saturated rings. The highest BCUT2D eigenvalue weighted by molar-refractivity contribution is 9.10. The summed E-state index contributed by atoms with van der Waals surface area (Å²) in [5, 5.41) is 0. The molecule has 27 heavy (non-hydrogen) atoms. The number of rotatable bonds is 4. The number of hydrogen-bond acceptors (Lipinski definition) is 3. The average molecular weight is 423 g/mol. The molecule has 3 nitrogen and oxygen atoms in total. The minimum absolute atomic E-state index is 0.0252. The maximum Gasteiger partial charge on any atom is 0.143 e. The van der Waals surface area contributed by atoms with E-state index in [1.807, 2.05) is 42.5 Å². The van der Waals surface area contributed by atoms with Gasteiger partial charge in [-0.2, -0.15) is 0 Å². The summed E-state index contributed by atoms with van der Waals surface area (Å²) in [5.41, 5.74) is 11.6. The summed E-state index contributed by atoms with van der Waals surface area (Å²) < 4.78 is 7.37. The van der Waals surface area contributed by atoms with Crippen molar-refractivity contribution in [2.75, 3.05) is 17.2 Å². The Kier molecular flexibility index (Phi) is 4.60. The molecule has 2 N–H and O–H groups in total. The summed E-state index contributed by atoms with van der Waals surface area (Å²) in [4.78, 5) is 2.29. The quantitative estimate of drug-likeness (QED) is 0.520. The third kappa shape index (κ3) is 3.30. The van der Waals surface area contributed by atoms with Gasteiger partial charge in [0.1, 0.15) is 12.4 Å². The zero-order valence-electron chi connectivity index (χ0n) is 15.6. The number of nitrogen functional groups attached to an aromatic ring is 1. The lowest BCUT2D eigenvalue weighted by Gasteiger charge is -2.24. The fourth-order valence-corrected chi connectivity index (χ4v) is 4.66. The van der Waals surface area contributed by atoms with E-state index in [0.717, 1.165) is 39.4 Å². The predicted molar refractivity (Wildman–Crippen MR) is 116 cm³/mol. The molecule has 4 rings (SSSR count). The Balaban J connectivity index is 1.79. The normalized spacial score (nSPS) is 14.9. The van der Waals surface area contributed by atoms with Gasteiger partial charge in [-0.05, 0) is 29.8 Å². The molecule has 0 atom stereocenters. The van der Waals surface area contributed by atoms with E-state index < -0.39 is 0 Å². The number of anilines is 3. The second-order valence-corrected chi connectivity index (χ2v) is 8.43. The van der Waals surface area contributed by atoms with Crippen molar-refractivity contribution in [2.45, 2.75) is 25.9 Å². The molecule has 138 valence electrons. The van der Waals surface area contributed by atoms with Gasteiger partial charge < -0.3 is 15.4 Å². The fraction of sp³-hybridized carbons (Fsp3) is 0.217. The molecule has 1 heterocycles. The summed E-state index contributed by atoms with van der Waals surface area (Å²) in [7, 11) is 0. The molecular weight excluding hydrogens is 400 g/mol. The molecular formula is C23H23BrN2O. The van der Waals surface area contributed by atoms with E-state index in [1.165, 1.54) is 5.56 Å². The first-order valence-electron chi connectivity index (χ1n) is 9.09. The van der Waals surface area contributed by atoms with Gasteiger partial charge in [0.15, 0.2) is 0 Å². The van der Waals surface area contributed by atoms with Gasteiger partial charge in [-0.3, -0.25) is 0 Å². The van der Waals surface area contributed by atoms with Crippen molar-refractivity contribution >= 4 is 33.0 Å². The Hall–Kier alpha value is -2.46. The first kappa shape index (κ1) is 17.9. The van der Waals surface area contributed by atoms with Crippen molar-refractivity contribution < 1.29 is 4.74 Å². The molecule has 0 bridgehead atoms. The van der Waals surface area contributed by atoms with Crippen LogP contribution in [0, 0.1) is 0 Å². The minimum Gasteiger partial charge on any atom is -0.487 e. The summed E-state index contributed by atoms with van der Waals surface area (Å²) in [5.74, 6) is 0.880. The van der Waals surface area contributed by atoms with E-state index in [9.17, 15) is 0 Å². The maximum atomic E-state index is 6.31. The Morgan fingerprint density at radius 2 is 1.70 bits per heavy atom. The number of nitrogens with two attached hydrogens (primary N) is 1. The lowest BCUT2D eigenvalue weighted by atomic mass is 9.87. The van der Waals surface area contributed by atoms with Gasteiger partial charge in [0.2, 0.25) is 0 Å². The van der Waals surface area contributed by atoms with Gasteiger partial charge in [0.25, 0.3) is 0 Å². The van der Waals surface area contributed by atoms with Crippen molar-refractivity contribution in [2.24, 2.45) is 0 Å². The lowest BCUT2D eigenvalue weighted by Crippen LogP contribution is -2.25. The van der Waals surface area contributed by atoms with E-state index in [-0.39, 0.29) is 5.41 Å². The number of halogens is 1. The number of hydrogen-bond donors (Lipinski definition) is 1. The van der Waals surface area contributed by atoms with Crippen LogP contribution in [0.3, 0.4) is 0 Å². The number of para-hydroxylation sites is 2. The topological polar surface area (TPSA) is 38.5 Å². The smallest absolute Gasteiger partial charge is 0.143 e. The van der Waals surface area contributed by atoms with Gasteiger partial charge >= 0.3 is 0 Å². The average Bonchev–Trinajstić information content (AvgIpc) is 2.95. The Morgan fingerprint density at radius 3 is 2.44 bits per heavy atom. The number of nitrogens with zero attached hydrogens (tertiary/aromatic N) is 1. The third-order valence-electron chi connectivity index (χ3n) is 5.05. The van der Waals surface area contributed by atoms with Crippen LogP contribution >= 0.6 is 15.9 Å². The largest absolute Gasteiger partial charge is 0.487 e. The monoisotopic (exact) mass is 422 g/mol. The lowest BCUT2D eigenvalue weighted by molar-refractivity contribution is 0.307. The second-order valence-electron chi connectivity index (χ2n) is 7.57. The molecule has 3 aromatic rings. The Labute approximate surface area is 168 Å². The molecule has 0 aromatic heterocycles. The van der Waals surface area contributed by atoms with Crippen LogP contribution in [0.1, 0.15) is 25.0 Å². The SMILES string of the molecule is CC1(C)CN(c2ccccc2N)c2c(OCc3ccccc3)ccc(Br)c21. The highest BCUT2D eigenvalue weighted by Crippen LogP contribution is 2.52. The second kappa shape index (κ2) is 6.93. The Morgan fingerprint density at radius 1 is 1.00 bits per heavy atom. The van der Waals surface area contributed by atoms with Crippen LogP contribution in [-0.2, 0) is 12.0 Å². The summed E-state index contributed by atoms with van der Waals surface area (Å²) >= 11 is 3.76. The van der Waals surface area contributed by atoms with Crippen LogP contribution in [-0.4, -0.2) is 6.54 Å². The minimum atomic E-state index is -0.0252. The van der Waals surface area contributed by atoms with Crippen LogP contribution < -0.4 is 15.4 Å². The molecule has 0 spiro atoms. The molecule has 0 radical (unpaired) electrons. The fourth-order valence-electron chi connectivity index (χ4n) is 3.80. The van der Waals surface area contributed by atoms with E-state index in [4.69, 9.17) is 10.5 Å². The molecule has 1 aliphatic rings. The first-order chi connectivity index (χ1) is 13.0. The molecule has 0 amide bonds. The van der Waals surface area contributed by atoms with Crippen LogP contribution in [0.2, 0.25) is 0 Å². The molecule has 0 unspecified atom stereocenters. The van der Waals surface area contributed by atoms with Crippen molar-refractivity contribution in [1.82, 2.24) is 0 Å². The third-order valence-corrected chi connectivity index (χ3v) is 5.72. The standard InChI is InChI=1S/C23H23BrN2O/c1-23(2)15-26(19-11-7-6-10-18(19)25)22-20(13-12-17(24)21(22)23)27-14-16-8-4-3-5-9-16/h3-13H,14-15,25H2,1-2H3. The van der Waals surface area contributed by atoms with E-state index in [0.29, 0.717) is 6.61 Å². The van der Waals surface area contributed by atoms with Gasteiger partial charge in [0.05, 0.1) is 17.1 Å². The first-order valence-corrected chi connectivity index (χ1v) is 9.88. The molecule has 0 aliphatic carbocycles. The predicted octanol–water partition coefficient (Wildman–Crippen LogP) is 6.04. The zero-order chi connectivity index (χ0) is 19.0. The summed E-state index contributed by atoms with van der Waals surface area (Å²) in [6, 6.07) is 22.4. The zero-order valence-corrected chi connectivity index (χ0v) is 17.2. The van der Waals surface area contributed by atoms with Gasteiger partial charge in [-0.15, -0.1) is 0 Å². The number of fused-ring (bicyclic) bond motifs is 1. The van der Waals surface area contributed by atoms with Crippen molar-refractivity contribution in [1.29, 1.82) is 0 Å². The molecule has 4 heteroatoms. The van der Waals surface area contributed by atoms with Crippen molar-refractivity contribution in [3.63, 3.8) is 0 Å². The molecule has 0 saturated carbocycles. The van der Waals surface area contributed by atoms with Crippen molar-refractivity contribution in [3.8, 4) is 5.75 Å². The van der Waals surface area contributed by atoms with Crippen LogP contribution in [0.15, 0.2) is 71.2 Å². The highest BCUT2D eigenvalue weighted by Gasteiger charge is 2.40. The van der Waals surface area contributed by atoms with Crippen LogP contribution in [0.25, 0.3) is 0 Å². The highest BCUT2D eigenvalue weighted by atomic mass is 79.9. The van der Waals surface area contributed by atoms with Gasteiger partial charge in [0, 0.05) is 22.0 Å². The molecule has 1 aliphatic heterocycles. The number of benzene rings is 3. The van der Waals surface area contributed by atoms with Crippen LogP contribution in [0.5, 0.6) is 5.75 Å².